The predicted octanol–water partition coefficient (Wildman–Crippen LogP) is 3.05. The number of nitrogens with zero attached hydrogens (tertiary/aromatic N) is 2. The summed E-state index contributed by atoms with van der Waals surface area (Å²) in [5.74, 6) is -5.91. The fourth-order valence-corrected chi connectivity index (χ4v) is 4.54. The van der Waals surface area contributed by atoms with Crippen molar-refractivity contribution in [3.05, 3.63) is 92.7 Å². The van der Waals surface area contributed by atoms with Gasteiger partial charge >= 0.3 is 0 Å². The molecule has 2 amide bonds. The van der Waals surface area contributed by atoms with Gasteiger partial charge in [0.15, 0.2) is 11.4 Å². The summed E-state index contributed by atoms with van der Waals surface area (Å²) < 4.78 is 42.3. The monoisotopic (exact) mass is 469 g/mol. The number of aryl methyl sites for hydroxylation is 1. The molecule has 34 heavy (non-hydrogen) atoms. The summed E-state index contributed by atoms with van der Waals surface area (Å²) in [5, 5.41) is 12.8. The minimum atomic E-state index is -1.19. The zero-order valence-corrected chi connectivity index (χ0v) is 17.6. The van der Waals surface area contributed by atoms with Crippen LogP contribution in [0.4, 0.5) is 18.9 Å². The van der Waals surface area contributed by atoms with E-state index in [2.05, 4.69) is 5.32 Å². The maximum absolute atomic E-state index is 13.9. The highest BCUT2D eigenvalue weighted by atomic mass is 19.1. The first-order valence-electron chi connectivity index (χ1n) is 10.6. The second-order valence-corrected chi connectivity index (χ2v) is 8.24. The summed E-state index contributed by atoms with van der Waals surface area (Å²) in [6, 6.07) is 8.01. The molecule has 3 heterocycles. The van der Waals surface area contributed by atoms with Gasteiger partial charge in [-0.25, -0.2) is 13.2 Å². The number of carbonyl (C=O) groups is 2. The largest absolute Gasteiger partial charge is 0.503 e. The summed E-state index contributed by atoms with van der Waals surface area (Å²) >= 11 is 0. The summed E-state index contributed by atoms with van der Waals surface area (Å²) in [7, 11) is 0. The molecule has 0 unspecified atom stereocenters. The lowest BCUT2D eigenvalue weighted by molar-refractivity contribution is 0.0929. The molecular weight excluding hydrogens is 451 g/mol. The van der Waals surface area contributed by atoms with Gasteiger partial charge in [0.25, 0.3) is 11.8 Å². The lowest BCUT2D eigenvalue weighted by Gasteiger charge is -2.35. The maximum atomic E-state index is 13.9. The number of aromatic hydroxyl groups is 1. The Morgan fingerprint density at radius 1 is 1.12 bits per heavy atom. The lowest BCUT2D eigenvalue weighted by atomic mass is 10.0. The number of carbonyl (C=O) groups excluding carboxylic acids is 2. The van der Waals surface area contributed by atoms with E-state index in [4.69, 9.17) is 0 Å². The summed E-state index contributed by atoms with van der Waals surface area (Å²) in [6.45, 7) is -0.359. The zero-order chi connectivity index (χ0) is 24.1. The van der Waals surface area contributed by atoms with Gasteiger partial charge < -0.3 is 19.9 Å². The Morgan fingerprint density at radius 3 is 2.56 bits per heavy atom. The van der Waals surface area contributed by atoms with E-state index in [0.717, 1.165) is 5.56 Å². The Bertz CT molecular complexity index is 1400. The first-order chi connectivity index (χ1) is 16.3. The molecule has 0 aliphatic carbocycles. The summed E-state index contributed by atoms with van der Waals surface area (Å²) in [6.07, 6.45) is 2.42. The Balaban J connectivity index is 1.50. The van der Waals surface area contributed by atoms with Crippen molar-refractivity contribution in [3.8, 4) is 5.75 Å². The van der Waals surface area contributed by atoms with Crippen LogP contribution in [0.3, 0.4) is 0 Å². The van der Waals surface area contributed by atoms with Crippen LogP contribution in [0.5, 0.6) is 5.75 Å². The Kier molecular flexibility index (Phi) is 5.15. The standard InChI is InChI=1S/C24H18F3N3O4/c25-13-7-17(26)15(18(27)8-13)9-28-23(33)16-11-29-14-6-5-12-3-1-2-4-19(12)30(10-14)24(34)20(29)22(32)21(16)31/h1-4,7-8,11,14,32H,5-6,9-10H2,(H,28,33)/t14-/m0/s1. The Morgan fingerprint density at radius 2 is 1.82 bits per heavy atom. The molecule has 2 aliphatic heterocycles. The number of aromatic nitrogens is 1. The Hall–Kier alpha value is -4.08. The van der Waals surface area contributed by atoms with Crippen LogP contribution in [0.25, 0.3) is 0 Å². The molecule has 5 rings (SSSR count). The Labute approximate surface area is 191 Å². The molecule has 0 spiro atoms. The highest BCUT2D eigenvalue weighted by molar-refractivity contribution is 6.08. The van der Waals surface area contributed by atoms with Crippen molar-refractivity contribution in [2.75, 3.05) is 11.4 Å². The summed E-state index contributed by atoms with van der Waals surface area (Å²) in [4.78, 5) is 40.2. The fraction of sp³-hybridized carbons (Fsp3) is 0.208. The van der Waals surface area contributed by atoms with E-state index in [-0.39, 0.29) is 18.3 Å². The van der Waals surface area contributed by atoms with Gasteiger partial charge in [0.05, 0.1) is 6.04 Å². The van der Waals surface area contributed by atoms with Gasteiger partial charge in [0.1, 0.15) is 23.0 Å². The van der Waals surface area contributed by atoms with Crippen LogP contribution >= 0.6 is 0 Å². The smallest absolute Gasteiger partial charge is 0.279 e. The minimum Gasteiger partial charge on any atom is -0.503 e. The van der Waals surface area contributed by atoms with Gasteiger partial charge in [-0.3, -0.25) is 14.4 Å². The van der Waals surface area contributed by atoms with E-state index in [9.17, 15) is 32.7 Å². The van der Waals surface area contributed by atoms with E-state index in [0.29, 0.717) is 30.7 Å². The topological polar surface area (TPSA) is 91.6 Å². The highest BCUT2D eigenvalue weighted by Gasteiger charge is 2.38. The molecular formula is C24H18F3N3O4. The average Bonchev–Trinajstić information content (AvgIpc) is 2.97. The second-order valence-electron chi connectivity index (χ2n) is 8.24. The maximum Gasteiger partial charge on any atom is 0.279 e. The van der Waals surface area contributed by atoms with Gasteiger partial charge in [-0.1, -0.05) is 18.2 Å². The van der Waals surface area contributed by atoms with Crippen molar-refractivity contribution in [3.63, 3.8) is 0 Å². The van der Waals surface area contributed by atoms with Gasteiger partial charge in [0, 0.05) is 42.7 Å². The van der Waals surface area contributed by atoms with Crippen molar-refractivity contribution < 1.29 is 27.9 Å². The molecule has 10 heteroatoms. The second kappa shape index (κ2) is 8.05. The third-order valence-electron chi connectivity index (χ3n) is 6.25. The predicted molar refractivity (Wildman–Crippen MR) is 115 cm³/mol. The molecule has 7 nitrogen and oxygen atoms in total. The fourth-order valence-electron chi connectivity index (χ4n) is 4.54. The lowest BCUT2D eigenvalue weighted by Crippen LogP contribution is -2.44. The number of para-hydroxylation sites is 1. The molecule has 174 valence electrons. The molecule has 0 fully saturated rings. The molecule has 2 aliphatic rings. The van der Waals surface area contributed by atoms with Crippen LogP contribution in [0.15, 0.2) is 47.4 Å². The summed E-state index contributed by atoms with van der Waals surface area (Å²) in [5.41, 5.74) is -0.694. The first-order valence-corrected chi connectivity index (χ1v) is 10.6. The SMILES string of the molecule is O=C(NCc1c(F)cc(F)cc1F)c1cn2c(c(O)c1=O)C(=O)N1C[C@@H]2CCc2ccccc21. The number of anilines is 1. The highest BCUT2D eigenvalue weighted by Crippen LogP contribution is 2.37. The molecule has 2 N–H and O–H groups in total. The number of hydrogen-bond donors (Lipinski definition) is 2. The number of rotatable bonds is 3. The van der Waals surface area contributed by atoms with Gasteiger partial charge in [-0.15, -0.1) is 0 Å². The van der Waals surface area contributed by atoms with Crippen molar-refractivity contribution >= 4 is 17.5 Å². The third-order valence-corrected chi connectivity index (χ3v) is 6.25. The number of nitrogens with one attached hydrogen (secondary N) is 1. The minimum absolute atomic E-state index is 0.217. The number of halogens is 3. The number of amides is 2. The molecule has 0 saturated heterocycles. The number of fused-ring (bicyclic) bond motifs is 6. The molecule has 1 aromatic heterocycles. The zero-order valence-electron chi connectivity index (χ0n) is 17.6. The van der Waals surface area contributed by atoms with Gasteiger partial charge in [-0.2, -0.15) is 0 Å². The van der Waals surface area contributed by atoms with E-state index in [1.54, 1.807) is 12.1 Å². The quantitative estimate of drug-likeness (QED) is 0.617. The molecule has 3 aromatic rings. The van der Waals surface area contributed by atoms with Crippen LogP contribution in [-0.4, -0.2) is 28.0 Å². The molecule has 0 saturated carbocycles. The van der Waals surface area contributed by atoms with Crippen LogP contribution in [0.1, 0.15) is 44.4 Å². The first kappa shape index (κ1) is 21.7. The van der Waals surface area contributed by atoms with Crippen molar-refractivity contribution in [2.24, 2.45) is 0 Å². The average molecular weight is 469 g/mol. The van der Waals surface area contributed by atoms with E-state index >= 15 is 0 Å². The van der Waals surface area contributed by atoms with Crippen LogP contribution in [0, 0.1) is 17.5 Å². The van der Waals surface area contributed by atoms with Crippen LogP contribution in [0.2, 0.25) is 0 Å². The molecule has 2 bridgehead atoms. The normalized spacial score (nSPS) is 16.5. The van der Waals surface area contributed by atoms with Crippen molar-refractivity contribution in [2.45, 2.75) is 25.4 Å². The van der Waals surface area contributed by atoms with E-state index in [1.165, 1.54) is 15.7 Å². The molecule has 0 radical (unpaired) electrons. The third kappa shape index (κ3) is 3.42. The number of pyridine rings is 1. The number of benzene rings is 2. The van der Waals surface area contributed by atoms with Crippen LogP contribution < -0.4 is 15.6 Å². The van der Waals surface area contributed by atoms with E-state index in [1.807, 2.05) is 12.1 Å². The van der Waals surface area contributed by atoms with Gasteiger partial charge in [-0.05, 0) is 24.5 Å². The molecule has 2 aromatic carbocycles. The number of hydrogen-bond acceptors (Lipinski definition) is 4. The van der Waals surface area contributed by atoms with E-state index < -0.39 is 58.1 Å². The van der Waals surface area contributed by atoms with Crippen LogP contribution in [-0.2, 0) is 13.0 Å². The van der Waals surface area contributed by atoms with Crippen molar-refractivity contribution in [1.29, 1.82) is 0 Å². The van der Waals surface area contributed by atoms with Gasteiger partial charge in [0.2, 0.25) is 5.43 Å². The van der Waals surface area contributed by atoms with Crippen molar-refractivity contribution in [1.82, 2.24) is 9.88 Å². The molecule has 1 atom stereocenters.